The molecule has 3 atom stereocenters. The Bertz CT molecular complexity index is 1320. The third kappa shape index (κ3) is 2.32. The fraction of sp³-hybridized carbons (Fsp3) is 0.115. The fourth-order valence-corrected chi connectivity index (χ4v) is 6.68. The lowest BCUT2D eigenvalue weighted by Gasteiger charge is -2.36. The molecule has 0 N–H and O–H groups in total. The first-order valence-electron chi connectivity index (χ1n) is 9.81. The van der Waals surface area contributed by atoms with Crippen molar-refractivity contribution in [2.75, 3.05) is 0 Å². The van der Waals surface area contributed by atoms with Crippen molar-refractivity contribution in [1.29, 1.82) is 0 Å². The molecule has 0 fully saturated rings. The van der Waals surface area contributed by atoms with Gasteiger partial charge in [-0.15, -0.1) is 0 Å². The van der Waals surface area contributed by atoms with E-state index in [-0.39, 0.29) is 17.3 Å². The van der Waals surface area contributed by atoms with Crippen LogP contribution in [0.2, 0.25) is 0 Å². The summed E-state index contributed by atoms with van der Waals surface area (Å²) in [5.41, 5.74) is 7.65. The minimum atomic E-state index is -0.423. The van der Waals surface area contributed by atoms with E-state index in [9.17, 15) is 4.79 Å². The number of carbonyl (C=O) groups is 1. The summed E-state index contributed by atoms with van der Waals surface area (Å²) >= 11 is 13.3. The predicted octanol–water partition coefficient (Wildman–Crippen LogP) is 7.70. The Morgan fingerprint density at radius 2 is 1.70 bits per heavy atom. The summed E-state index contributed by atoms with van der Waals surface area (Å²) in [5.74, 6) is 0.466. The van der Waals surface area contributed by atoms with Crippen LogP contribution in [0.3, 0.4) is 0 Å². The molecule has 0 bridgehead atoms. The van der Waals surface area contributed by atoms with E-state index in [4.69, 9.17) is 11.6 Å². The van der Waals surface area contributed by atoms with Crippen LogP contribution in [0.1, 0.15) is 38.5 Å². The van der Waals surface area contributed by atoms with Crippen molar-refractivity contribution in [1.82, 2.24) is 0 Å². The second kappa shape index (κ2) is 6.53. The van der Waals surface area contributed by atoms with Gasteiger partial charge in [-0.3, -0.25) is 4.79 Å². The summed E-state index contributed by atoms with van der Waals surface area (Å²) in [5, 5.41) is -0.423. The van der Waals surface area contributed by atoms with Crippen molar-refractivity contribution in [3.05, 3.63) is 116 Å². The molecule has 0 amide bonds. The predicted molar refractivity (Wildman–Crippen MR) is 128 cm³/mol. The number of hydrogen-bond donors (Lipinski definition) is 0. The first kappa shape index (κ1) is 18.8. The molecular weight excluding hydrogens is 524 g/mol. The minimum Gasteiger partial charge on any atom is -0.276 e. The molecule has 4 heteroatoms. The highest BCUT2D eigenvalue weighted by Crippen LogP contribution is 2.65. The van der Waals surface area contributed by atoms with E-state index in [1.165, 1.54) is 27.8 Å². The monoisotopic (exact) mass is 536 g/mol. The molecule has 0 saturated heterocycles. The molecule has 3 unspecified atom stereocenters. The highest BCUT2D eigenvalue weighted by Gasteiger charge is 2.57. The normalized spacial score (nSPS) is 24.8. The smallest absolute Gasteiger partial charge is 0.252 e. The van der Waals surface area contributed by atoms with Crippen molar-refractivity contribution < 1.29 is 4.79 Å². The summed E-state index contributed by atoms with van der Waals surface area (Å²) in [4.78, 5) is 12.1. The third-order valence-corrected chi connectivity index (χ3v) is 8.04. The van der Waals surface area contributed by atoms with E-state index in [0.29, 0.717) is 5.56 Å². The molecule has 6 rings (SSSR count). The van der Waals surface area contributed by atoms with Gasteiger partial charge >= 0.3 is 0 Å². The minimum absolute atomic E-state index is 0.198. The summed E-state index contributed by atoms with van der Waals surface area (Å²) in [7, 11) is 0. The van der Waals surface area contributed by atoms with Gasteiger partial charge in [0.1, 0.15) is 0 Å². The van der Waals surface area contributed by atoms with Crippen LogP contribution in [0.5, 0.6) is 0 Å². The van der Waals surface area contributed by atoms with Crippen molar-refractivity contribution >= 4 is 48.7 Å². The van der Waals surface area contributed by atoms with Gasteiger partial charge in [0.25, 0.3) is 5.24 Å². The zero-order valence-corrected chi connectivity index (χ0v) is 19.6. The van der Waals surface area contributed by atoms with Crippen LogP contribution < -0.4 is 0 Å². The van der Waals surface area contributed by atoms with Gasteiger partial charge in [-0.25, -0.2) is 0 Å². The Morgan fingerprint density at radius 1 is 0.900 bits per heavy atom. The number of rotatable bonds is 1. The van der Waals surface area contributed by atoms with Gasteiger partial charge in [-0.2, -0.15) is 0 Å². The number of halogens is 3. The van der Waals surface area contributed by atoms with Crippen molar-refractivity contribution in [3.8, 4) is 11.1 Å². The maximum Gasteiger partial charge on any atom is 0.252 e. The van der Waals surface area contributed by atoms with Gasteiger partial charge in [0.2, 0.25) is 0 Å². The first-order valence-corrected chi connectivity index (χ1v) is 11.8. The maximum absolute atomic E-state index is 12.1. The second-order valence-electron chi connectivity index (χ2n) is 8.08. The van der Waals surface area contributed by atoms with Gasteiger partial charge in [0.05, 0.1) is 5.41 Å². The lowest BCUT2D eigenvalue weighted by molar-refractivity contribution is 0.108. The number of hydrogen-bond acceptors (Lipinski definition) is 1. The molecule has 0 saturated carbocycles. The lowest BCUT2D eigenvalue weighted by atomic mass is 9.65. The Balaban J connectivity index is 1.79. The van der Waals surface area contributed by atoms with Crippen LogP contribution in [-0.2, 0) is 5.41 Å². The first-order chi connectivity index (χ1) is 14.5. The quantitative estimate of drug-likeness (QED) is 0.290. The highest BCUT2D eigenvalue weighted by atomic mass is 79.9. The van der Waals surface area contributed by atoms with Gasteiger partial charge < -0.3 is 0 Å². The Hall–Kier alpha value is -1.94. The molecule has 0 heterocycles. The summed E-state index contributed by atoms with van der Waals surface area (Å²) in [6.07, 6.45) is 6.78. The van der Waals surface area contributed by atoms with Gasteiger partial charge in [0, 0.05) is 26.4 Å². The van der Waals surface area contributed by atoms with Crippen LogP contribution in [0.25, 0.3) is 11.1 Å². The molecule has 3 aromatic carbocycles. The average Bonchev–Trinajstić information content (AvgIpc) is 3.19. The van der Waals surface area contributed by atoms with E-state index >= 15 is 0 Å². The number of carbonyl (C=O) groups excluding carboxylic acids is 1. The van der Waals surface area contributed by atoms with Crippen LogP contribution >= 0.6 is 43.5 Å². The molecule has 30 heavy (non-hydrogen) atoms. The molecule has 3 aliphatic carbocycles. The van der Waals surface area contributed by atoms with Crippen LogP contribution in [0, 0.1) is 5.92 Å². The molecule has 3 aliphatic rings. The second-order valence-corrected chi connectivity index (χ2v) is 10.3. The largest absolute Gasteiger partial charge is 0.276 e. The molecule has 0 aromatic heterocycles. The molecule has 0 aliphatic heterocycles. The topological polar surface area (TPSA) is 17.1 Å². The van der Waals surface area contributed by atoms with Crippen molar-refractivity contribution in [3.63, 3.8) is 0 Å². The molecule has 1 spiro atoms. The standard InChI is InChI=1S/C26H15Br2ClO/c27-15-6-9-19-20-10-7-16(28)13-24(20)26(23(19)12-15)21-4-2-1-3-17(21)18-8-5-14(25(29)30)11-22(18)26/h1-13,19,23H. The highest BCUT2D eigenvalue weighted by molar-refractivity contribution is 9.12. The Kier molecular flexibility index (Phi) is 4.09. The zero-order chi connectivity index (χ0) is 20.6. The molecule has 1 nitrogen and oxygen atoms in total. The zero-order valence-electron chi connectivity index (χ0n) is 15.7. The fourth-order valence-electron chi connectivity index (χ4n) is 5.76. The average molecular weight is 539 g/mol. The van der Waals surface area contributed by atoms with E-state index in [1.807, 2.05) is 12.1 Å². The Morgan fingerprint density at radius 3 is 2.53 bits per heavy atom. The Labute approximate surface area is 196 Å². The van der Waals surface area contributed by atoms with E-state index in [2.05, 4.69) is 98.6 Å². The molecular formula is C26H15Br2ClO. The molecule has 0 radical (unpaired) electrons. The summed E-state index contributed by atoms with van der Waals surface area (Å²) in [6.45, 7) is 0. The van der Waals surface area contributed by atoms with Gasteiger partial charge in [-0.05, 0) is 69.2 Å². The SMILES string of the molecule is O=C(Cl)c1ccc2c(c1)C1(c3ccccc3-2)c2cc(Br)ccc2C2C=CC(Br)=CC21. The van der Waals surface area contributed by atoms with Crippen LogP contribution in [-0.4, -0.2) is 5.24 Å². The van der Waals surface area contributed by atoms with Gasteiger partial charge in [0.15, 0.2) is 0 Å². The van der Waals surface area contributed by atoms with Crippen molar-refractivity contribution in [2.24, 2.45) is 5.92 Å². The van der Waals surface area contributed by atoms with E-state index in [0.717, 1.165) is 14.5 Å². The summed E-state index contributed by atoms with van der Waals surface area (Å²) in [6, 6.07) is 21.1. The van der Waals surface area contributed by atoms with E-state index in [1.54, 1.807) is 0 Å². The van der Waals surface area contributed by atoms with E-state index < -0.39 is 5.24 Å². The van der Waals surface area contributed by atoms with Crippen LogP contribution in [0.4, 0.5) is 0 Å². The maximum atomic E-state index is 12.1. The number of allylic oxidation sites excluding steroid dienone is 4. The number of benzene rings is 3. The molecule has 146 valence electrons. The van der Waals surface area contributed by atoms with Crippen LogP contribution in [0.15, 0.2) is 87.8 Å². The van der Waals surface area contributed by atoms with Crippen molar-refractivity contribution in [2.45, 2.75) is 11.3 Å². The molecule has 3 aromatic rings. The number of fused-ring (bicyclic) bond motifs is 10. The van der Waals surface area contributed by atoms with Gasteiger partial charge in [-0.1, -0.05) is 86.5 Å². The third-order valence-electron chi connectivity index (χ3n) is 6.80. The lowest BCUT2D eigenvalue weighted by Crippen LogP contribution is -2.33. The summed E-state index contributed by atoms with van der Waals surface area (Å²) < 4.78 is 2.15.